The Balaban J connectivity index is 1.52. The second-order valence-electron chi connectivity index (χ2n) is 6.87. The summed E-state index contributed by atoms with van der Waals surface area (Å²) in [5.41, 5.74) is 6.03. The first kappa shape index (κ1) is 18.1. The second-order valence-corrected chi connectivity index (χ2v) is 6.87. The third-order valence-corrected chi connectivity index (χ3v) is 4.80. The maximum absolute atomic E-state index is 11.1. The molecular formula is C25H22O3. The van der Waals surface area contributed by atoms with Gasteiger partial charge in [-0.05, 0) is 64.9 Å². The molecule has 0 amide bonds. The van der Waals surface area contributed by atoms with Crippen molar-refractivity contribution in [3.63, 3.8) is 0 Å². The Bertz CT molecular complexity index is 1000. The Labute approximate surface area is 165 Å². The molecule has 0 radical (unpaired) electrons. The van der Waals surface area contributed by atoms with Crippen LogP contribution in [-0.4, -0.2) is 5.97 Å². The van der Waals surface area contributed by atoms with E-state index in [1.54, 1.807) is 0 Å². The van der Waals surface area contributed by atoms with Crippen molar-refractivity contribution in [2.24, 2.45) is 0 Å². The third kappa shape index (κ3) is 4.15. The lowest BCUT2D eigenvalue weighted by Crippen LogP contribution is -2.03. The van der Waals surface area contributed by atoms with Crippen LogP contribution < -0.4 is 9.47 Å². The van der Waals surface area contributed by atoms with E-state index in [2.05, 4.69) is 30.3 Å². The Morgan fingerprint density at radius 2 is 1.68 bits per heavy atom. The highest BCUT2D eigenvalue weighted by Gasteiger charge is 2.15. The van der Waals surface area contributed by atoms with Crippen molar-refractivity contribution in [1.29, 1.82) is 0 Å². The van der Waals surface area contributed by atoms with E-state index in [1.807, 2.05) is 48.5 Å². The van der Waals surface area contributed by atoms with Crippen molar-refractivity contribution in [3.8, 4) is 11.5 Å². The summed E-state index contributed by atoms with van der Waals surface area (Å²) in [4.78, 5) is 11.1. The van der Waals surface area contributed by atoms with Crippen LogP contribution in [0.25, 0.3) is 5.57 Å². The summed E-state index contributed by atoms with van der Waals surface area (Å²) in [6.45, 7) is 1.98. The molecule has 1 aliphatic carbocycles. The van der Waals surface area contributed by atoms with Crippen molar-refractivity contribution < 1.29 is 14.3 Å². The van der Waals surface area contributed by atoms with Gasteiger partial charge in [0.15, 0.2) is 0 Å². The molecule has 0 aromatic heterocycles. The van der Waals surface area contributed by atoms with Crippen LogP contribution in [0.1, 0.15) is 35.6 Å². The predicted molar refractivity (Wildman–Crippen MR) is 110 cm³/mol. The number of hydrogen-bond acceptors (Lipinski definition) is 3. The molecule has 0 spiro atoms. The average molecular weight is 370 g/mol. The summed E-state index contributed by atoms with van der Waals surface area (Å²) >= 11 is 0. The summed E-state index contributed by atoms with van der Waals surface area (Å²) in [5.74, 6) is 1.16. The van der Waals surface area contributed by atoms with Gasteiger partial charge in [0.25, 0.3) is 0 Å². The van der Waals surface area contributed by atoms with Gasteiger partial charge in [-0.15, -0.1) is 0 Å². The monoisotopic (exact) mass is 370 g/mol. The number of rotatable bonds is 5. The highest BCUT2D eigenvalue weighted by Crippen LogP contribution is 2.34. The summed E-state index contributed by atoms with van der Waals surface area (Å²) in [5, 5.41) is 0. The molecular weight excluding hydrogens is 348 g/mol. The summed E-state index contributed by atoms with van der Waals surface area (Å²) in [6, 6.07) is 24.2. The van der Waals surface area contributed by atoms with Gasteiger partial charge < -0.3 is 9.47 Å². The van der Waals surface area contributed by atoms with Crippen LogP contribution in [0.3, 0.4) is 0 Å². The molecule has 3 aromatic carbocycles. The smallest absolute Gasteiger partial charge is 0.308 e. The van der Waals surface area contributed by atoms with E-state index < -0.39 is 0 Å². The fraction of sp³-hybridized carbons (Fsp3) is 0.160. The minimum Gasteiger partial charge on any atom is -0.489 e. The van der Waals surface area contributed by atoms with Crippen LogP contribution in [0.2, 0.25) is 0 Å². The molecule has 0 fully saturated rings. The Morgan fingerprint density at radius 3 is 2.43 bits per heavy atom. The zero-order valence-corrected chi connectivity index (χ0v) is 15.9. The number of hydrogen-bond donors (Lipinski definition) is 0. The number of esters is 1. The normalized spacial score (nSPS) is 12.7. The van der Waals surface area contributed by atoms with Gasteiger partial charge in [-0.25, -0.2) is 0 Å². The van der Waals surface area contributed by atoms with Crippen LogP contribution in [0, 0.1) is 0 Å². The number of carbonyl (C=O) groups excluding carboxylic acids is 1. The van der Waals surface area contributed by atoms with E-state index in [9.17, 15) is 4.79 Å². The van der Waals surface area contributed by atoms with Crippen molar-refractivity contribution in [2.45, 2.75) is 26.4 Å². The summed E-state index contributed by atoms with van der Waals surface area (Å²) in [7, 11) is 0. The Kier molecular flexibility index (Phi) is 5.24. The van der Waals surface area contributed by atoms with Gasteiger partial charge in [0.05, 0.1) is 0 Å². The van der Waals surface area contributed by atoms with Gasteiger partial charge in [-0.2, -0.15) is 0 Å². The molecule has 4 rings (SSSR count). The van der Waals surface area contributed by atoms with Crippen LogP contribution in [-0.2, 0) is 17.8 Å². The van der Waals surface area contributed by atoms with Gasteiger partial charge in [0.1, 0.15) is 18.1 Å². The maximum Gasteiger partial charge on any atom is 0.308 e. The molecule has 1 aliphatic rings. The van der Waals surface area contributed by atoms with Crippen molar-refractivity contribution in [3.05, 3.63) is 101 Å². The quantitative estimate of drug-likeness (QED) is 0.435. The first-order valence-corrected chi connectivity index (χ1v) is 9.48. The van der Waals surface area contributed by atoms with E-state index >= 15 is 0 Å². The lowest BCUT2D eigenvalue weighted by molar-refractivity contribution is -0.131. The van der Waals surface area contributed by atoms with Crippen LogP contribution >= 0.6 is 0 Å². The third-order valence-electron chi connectivity index (χ3n) is 4.80. The first-order valence-electron chi connectivity index (χ1n) is 9.48. The molecule has 3 nitrogen and oxygen atoms in total. The minimum absolute atomic E-state index is 0.307. The zero-order valence-electron chi connectivity index (χ0n) is 15.9. The SMILES string of the molecule is CC(=O)Oc1ccc(C2=CCCc3cc(OCc4ccccc4)ccc32)cc1. The van der Waals surface area contributed by atoms with Crippen LogP contribution in [0.15, 0.2) is 78.9 Å². The van der Waals surface area contributed by atoms with Gasteiger partial charge in [0.2, 0.25) is 0 Å². The highest BCUT2D eigenvalue weighted by atomic mass is 16.5. The minimum atomic E-state index is -0.307. The van der Waals surface area contributed by atoms with E-state index in [0.717, 1.165) is 29.7 Å². The predicted octanol–water partition coefficient (Wildman–Crippen LogP) is 5.57. The second kappa shape index (κ2) is 8.13. The summed E-state index contributed by atoms with van der Waals surface area (Å²) < 4.78 is 11.1. The molecule has 28 heavy (non-hydrogen) atoms. The molecule has 0 saturated heterocycles. The molecule has 0 unspecified atom stereocenters. The van der Waals surface area contributed by atoms with E-state index in [1.165, 1.54) is 23.6 Å². The standard InChI is InChI=1S/C25H22O3/c1-18(26)28-22-12-10-20(11-13-22)24-9-5-8-21-16-23(14-15-25(21)24)27-17-19-6-3-2-4-7-19/h2-4,6-7,9-16H,5,8,17H2,1H3. The largest absolute Gasteiger partial charge is 0.489 e. The molecule has 0 aliphatic heterocycles. The number of allylic oxidation sites excluding steroid dienone is 1. The topological polar surface area (TPSA) is 35.5 Å². The Hall–Kier alpha value is -3.33. The lowest BCUT2D eigenvalue weighted by Gasteiger charge is -2.19. The molecule has 3 aromatic rings. The van der Waals surface area contributed by atoms with Gasteiger partial charge in [-0.3, -0.25) is 4.79 Å². The number of ether oxygens (including phenoxy) is 2. The summed E-state index contributed by atoms with van der Waals surface area (Å²) in [6.07, 6.45) is 4.27. The maximum atomic E-state index is 11.1. The van der Waals surface area contributed by atoms with Gasteiger partial charge >= 0.3 is 5.97 Å². The Morgan fingerprint density at radius 1 is 0.929 bits per heavy atom. The molecule has 0 N–H and O–H groups in total. The van der Waals surface area contributed by atoms with Gasteiger partial charge in [0, 0.05) is 6.92 Å². The lowest BCUT2D eigenvalue weighted by atomic mass is 9.87. The molecule has 3 heteroatoms. The van der Waals surface area contributed by atoms with Crippen molar-refractivity contribution >= 4 is 11.5 Å². The number of carbonyl (C=O) groups is 1. The fourth-order valence-corrected chi connectivity index (χ4v) is 3.49. The average Bonchev–Trinajstić information content (AvgIpc) is 2.72. The fourth-order valence-electron chi connectivity index (χ4n) is 3.49. The van der Waals surface area contributed by atoms with E-state index in [4.69, 9.17) is 9.47 Å². The van der Waals surface area contributed by atoms with Crippen LogP contribution in [0.5, 0.6) is 11.5 Å². The highest BCUT2D eigenvalue weighted by molar-refractivity contribution is 5.83. The van der Waals surface area contributed by atoms with E-state index in [-0.39, 0.29) is 5.97 Å². The molecule has 0 atom stereocenters. The number of fused-ring (bicyclic) bond motifs is 1. The van der Waals surface area contributed by atoms with Gasteiger partial charge in [-0.1, -0.05) is 54.6 Å². The number of benzene rings is 3. The molecule has 140 valence electrons. The zero-order chi connectivity index (χ0) is 19.3. The van der Waals surface area contributed by atoms with E-state index in [0.29, 0.717) is 12.4 Å². The van der Waals surface area contributed by atoms with Crippen molar-refractivity contribution in [2.75, 3.05) is 0 Å². The van der Waals surface area contributed by atoms with Crippen LogP contribution in [0.4, 0.5) is 0 Å². The van der Waals surface area contributed by atoms with Crippen molar-refractivity contribution in [1.82, 2.24) is 0 Å². The number of aryl methyl sites for hydroxylation is 1. The molecule has 0 bridgehead atoms. The molecule has 0 heterocycles. The first-order chi connectivity index (χ1) is 13.7. The molecule has 0 saturated carbocycles.